The summed E-state index contributed by atoms with van der Waals surface area (Å²) in [6.07, 6.45) is 0.155. The number of carboxylic acid groups (broad SMARTS) is 1. The summed E-state index contributed by atoms with van der Waals surface area (Å²) >= 11 is 0. The Balaban J connectivity index is 2.63. The van der Waals surface area contributed by atoms with Crippen molar-refractivity contribution in [2.24, 2.45) is 0 Å². The molecule has 1 rings (SSSR count). The number of hydrogen-bond donors (Lipinski definition) is 3. The molecule has 20 heavy (non-hydrogen) atoms. The predicted molar refractivity (Wildman–Crippen MR) is 69.1 cm³/mol. The van der Waals surface area contributed by atoms with Crippen molar-refractivity contribution in [3.8, 4) is 0 Å². The summed E-state index contributed by atoms with van der Waals surface area (Å²) < 4.78 is 5.01. The van der Waals surface area contributed by atoms with Gasteiger partial charge in [-0.25, -0.2) is 14.8 Å². The van der Waals surface area contributed by atoms with Gasteiger partial charge in [0.25, 0.3) is 0 Å². The average Bonchev–Trinajstić information content (AvgIpc) is 2.26. The van der Waals surface area contributed by atoms with Crippen LogP contribution in [-0.4, -0.2) is 37.8 Å². The van der Waals surface area contributed by atoms with E-state index in [2.05, 4.69) is 15.3 Å². The van der Waals surface area contributed by atoms with E-state index in [1.165, 1.54) is 12.4 Å². The Bertz CT molecular complexity index is 481. The van der Waals surface area contributed by atoms with Gasteiger partial charge in [0.1, 0.15) is 5.60 Å². The molecule has 0 radical (unpaired) electrons. The van der Waals surface area contributed by atoms with Gasteiger partial charge in [-0.3, -0.25) is 10.1 Å². The van der Waals surface area contributed by atoms with Crippen molar-refractivity contribution in [1.29, 1.82) is 0 Å². The van der Waals surface area contributed by atoms with Crippen molar-refractivity contribution < 1.29 is 24.5 Å². The Kier molecular flexibility index (Phi) is 4.98. The van der Waals surface area contributed by atoms with Gasteiger partial charge in [-0.05, 0) is 20.8 Å². The monoisotopic (exact) mass is 283 g/mol. The number of anilines is 1. The standard InChI is InChI=1S/C12H17N3O5/c1-12(2,3)20-11(19)15-10-13-5-7(6-14-10)8(16)4-9(17)18/h5-6,8,16H,4H2,1-3H3,(H,17,18)(H,13,14,15,19)/t8-/m1/s1. The van der Waals surface area contributed by atoms with Crippen molar-refractivity contribution >= 4 is 18.0 Å². The molecule has 8 heteroatoms. The van der Waals surface area contributed by atoms with E-state index in [1.807, 2.05) is 0 Å². The largest absolute Gasteiger partial charge is 0.481 e. The maximum absolute atomic E-state index is 11.5. The zero-order valence-corrected chi connectivity index (χ0v) is 11.5. The minimum Gasteiger partial charge on any atom is -0.481 e. The number of aromatic nitrogens is 2. The normalized spacial score (nSPS) is 12.6. The molecule has 1 amide bonds. The first-order valence-corrected chi connectivity index (χ1v) is 5.89. The Labute approximate surface area is 115 Å². The molecule has 0 saturated carbocycles. The van der Waals surface area contributed by atoms with E-state index in [-0.39, 0.29) is 11.5 Å². The average molecular weight is 283 g/mol. The van der Waals surface area contributed by atoms with Crippen LogP contribution in [0.15, 0.2) is 12.4 Å². The molecule has 0 saturated heterocycles. The number of aliphatic carboxylic acids is 1. The molecule has 110 valence electrons. The molecule has 1 aromatic heterocycles. The Hall–Kier alpha value is -2.22. The molecule has 0 bridgehead atoms. The first-order chi connectivity index (χ1) is 9.17. The maximum Gasteiger partial charge on any atom is 0.414 e. The fourth-order valence-electron chi connectivity index (χ4n) is 1.25. The number of amides is 1. The molecular formula is C12H17N3O5. The fourth-order valence-corrected chi connectivity index (χ4v) is 1.25. The van der Waals surface area contributed by atoms with Crippen LogP contribution in [0.2, 0.25) is 0 Å². The third kappa shape index (κ3) is 5.61. The first-order valence-electron chi connectivity index (χ1n) is 5.89. The molecule has 1 atom stereocenters. The molecule has 0 aliphatic heterocycles. The fraction of sp³-hybridized carbons (Fsp3) is 0.500. The lowest BCUT2D eigenvalue weighted by atomic mass is 10.1. The third-order valence-corrected chi connectivity index (χ3v) is 2.04. The first kappa shape index (κ1) is 15.8. The summed E-state index contributed by atoms with van der Waals surface area (Å²) in [7, 11) is 0. The number of nitrogens with one attached hydrogen (secondary N) is 1. The van der Waals surface area contributed by atoms with Gasteiger partial charge in [0.05, 0.1) is 12.5 Å². The number of aliphatic hydroxyl groups is 1. The molecule has 8 nitrogen and oxygen atoms in total. The van der Waals surface area contributed by atoms with Crippen LogP contribution in [-0.2, 0) is 9.53 Å². The second-order valence-corrected chi connectivity index (χ2v) is 5.08. The summed E-state index contributed by atoms with van der Waals surface area (Å²) in [6.45, 7) is 5.16. The molecule has 0 aliphatic carbocycles. The van der Waals surface area contributed by atoms with Gasteiger partial charge in [-0.15, -0.1) is 0 Å². The van der Waals surface area contributed by atoms with E-state index in [0.717, 1.165) is 0 Å². The molecule has 0 unspecified atom stereocenters. The van der Waals surface area contributed by atoms with Gasteiger partial charge in [-0.2, -0.15) is 0 Å². The Morgan fingerprint density at radius 3 is 2.35 bits per heavy atom. The number of carbonyl (C=O) groups is 2. The van der Waals surface area contributed by atoms with Crippen molar-refractivity contribution in [2.45, 2.75) is 38.9 Å². The maximum atomic E-state index is 11.5. The van der Waals surface area contributed by atoms with Gasteiger partial charge >= 0.3 is 12.1 Å². The minimum absolute atomic E-state index is 0.00512. The Morgan fingerprint density at radius 2 is 1.90 bits per heavy atom. The van der Waals surface area contributed by atoms with Gasteiger partial charge < -0.3 is 14.9 Å². The second kappa shape index (κ2) is 6.29. The van der Waals surface area contributed by atoms with Crippen LogP contribution in [0.1, 0.15) is 38.9 Å². The van der Waals surface area contributed by atoms with Crippen molar-refractivity contribution in [3.05, 3.63) is 18.0 Å². The molecule has 0 aromatic carbocycles. The second-order valence-electron chi connectivity index (χ2n) is 5.08. The summed E-state index contributed by atoms with van der Waals surface area (Å²) in [4.78, 5) is 29.5. The van der Waals surface area contributed by atoms with Crippen LogP contribution < -0.4 is 5.32 Å². The van der Waals surface area contributed by atoms with E-state index >= 15 is 0 Å². The number of ether oxygens (including phenoxy) is 1. The van der Waals surface area contributed by atoms with Crippen LogP contribution in [0.25, 0.3) is 0 Å². The van der Waals surface area contributed by atoms with E-state index in [0.29, 0.717) is 0 Å². The number of nitrogens with zero attached hydrogens (tertiary/aromatic N) is 2. The summed E-state index contributed by atoms with van der Waals surface area (Å²) in [5, 5.41) is 20.4. The lowest BCUT2D eigenvalue weighted by Crippen LogP contribution is -2.27. The van der Waals surface area contributed by atoms with E-state index in [4.69, 9.17) is 9.84 Å². The number of rotatable bonds is 4. The van der Waals surface area contributed by atoms with Crippen LogP contribution in [0.4, 0.5) is 10.7 Å². The smallest absolute Gasteiger partial charge is 0.414 e. The van der Waals surface area contributed by atoms with E-state index in [1.54, 1.807) is 20.8 Å². The highest BCUT2D eigenvalue weighted by Crippen LogP contribution is 2.15. The Morgan fingerprint density at radius 1 is 1.35 bits per heavy atom. The van der Waals surface area contributed by atoms with E-state index in [9.17, 15) is 14.7 Å². The van der Waals surface area contributed by atoms with Gasteiger partial charge in [-0.1, -0.05) is 0 Å². The van der Waals surface area contributed by atoms with Crippen LogP contribution in [0.5, 0.6) is 0 Å². The molecule has 0 fully saturated rings. The number of carbonyl (C=O) groups excluding carboxylic acids is 1. The van der Waals surface area contributed by atoms with E-state index < -0.39 is 30.2 Å². The summed E-state index contributed by atoms with van der Waals surface area (Å²) in [5.74, 6) is -1.13. The van der Waals surface area contributed by atoms with Crippen LogP contribution in [0.3, 0.4) is 0 Å². The van der Waals surface area contributed by atoms with Crippen LogP contribution in [0, 0.1) is 0 Å². The lowest BCUT2D eigenvalue weighted by molar-refractivity contribution is -0.139. The lowest BCUT2D eigenvalue weighted by Gasteiger charge is -2.19. The third-order valence-electron chi connectivity index (χ3n) is 2.04. The van der Waals surface area contributed by atoms with Gasteiger partial charge in [0.2, 0.25) is 5.95 Å². The molecule has 1 heterocycles. The highest BCUT2D eigenvalue weighted by molar-refractivity contribution is 5.82. The number of hydrogen-bond acceptors (Lipinski definition) is 6. The van der Waals surface area contributed by atoms with Crippen molar-refractivity contribution in [3.63, 3.8) is 0 Å². The van der Waals surface area contributed by atoms with Gasteiger partial charge in [0.15, 0.2) is 0 Å². The van der Waals surface area contributed by atoms with Crippen molar-refractivity contribution in [1.82, 2.24) is 9.97 Å². The minimum atomic E-state index is -1.19. The highest BCUT2D eigenvalue weighted by Gasteiger charge is 2.17. The molecule has 0 aliphatic rings. The number of carboxylic acids is 1. The predicted octanol–water partition coefficient (Wildman–Crippen LogP) is 1.33. The zero-order valence-electron chi connectivity index (χ0n) is 11.5. The molecule has 1 aromatic rings. The highest BCUT2D eigenvalue weighted by atomic mass is 16.6. The van der Waals surface area contributed by atoms with Crippen molar-refractivity contribution in [2.75, 3.05) is 5.32 Å². The summed E-state index contributed by atoms with van der Waals surface area (Å²) in [5.41, 5.74) is -0.385. The SMILES string of the molecule is CC(C)(C)OC(=O)Nc1ncc([C@H](O)CC(=O)O)cn1. The molecule has 0 spiro atoms. The van der Waals surface area contributed by atoms with Crippen LogP contribution >= 0.6 is 0 Å². The topological polar surface area (TPSA) is 122 Å². The summed E-state index contributed by atoms with van der Waals surface area (Å²) in [6, 6.07) is 0. The zero-order chi connectivity index (χ0) is 15.3. The number of aliphatic hydroxyl groups excluding tert-OH is 1. The van der Waals surface area contributed by atoms with Gasteiger partial charge in [0, 0.05) is 18.0 Å². The quantitative estimate of drug-likeness (QED) is 0.761. The molecular weight excluding hydrogens is 266 g/mol. The molecule has 3 N–H and O–H groups in total.